The quantitative estimate of drug-likeness (QED) is 0.872. The van der Waals surface area contributed by atoms with Gasteiger partial charge in [-0.2, -0.15) is 0 Å². The molecule has 0 aromatic heterocycles. The molecular weight excluding hydrogens is 228 g/mol. The summed E-state index contributed by atoms with van der Waals surface area (Å²) in [6.45, 7) is 0.323. The minimum atomic E-state index is -2.31. The number of fused-ring (bicyclic) bond motifs is 1. The summed E-state index contributed by atoms with van der Waals surface area (Å²) in [7, 11) is 1.71. The normalized spacial score (nSPS) is 16.5. The first-order valence-corrected chi connectivity index (χ1v) is 6.39. The predicted octanol–water partition coefficient (Wildman–Crippen LogP) is 2.90. The standard InChI is InChI=1S/C12H15F2NS/c1-15-7-10(12(13)14)8-2-3-11-9(6-8)4-5-16-11/h2-3,6,10,12,15H,4-5,7H2,1H3. The van der Waals surface area contributed by atoms with Gasteiger partial charge in [0.1, 0.15) is 0 Å². The molecule has 1 atom stereocenters. The van der Waals surface area contributed by atoms with Crippen molar-refractivity contribution in [3.8, 4) is 0 Å². The third kappa shape index (κ3) is 2.38. The van der Waals surface area contributed by atoms with Gasteiger partial charge in [-0.25, -0.2) is 8.78 Å². The first-order chi connectivity index (χ1) is 7.72. The van der Waals surface area contributed by atoms with E-state index >= 15 is 0 Å². The maximum absolute atomic E-state index is 12.9. The Hall–Kier alpha value is -0.610. The van der Waals surface area contributed by atoms with Gasteiger partial charge >= 0.3 is 0 Å². The van der Waals surface area contributed by atoms with Gasteiger partial charge in [-0.05, 0) is 30.7 Å². The van der Waals surface area contributed by atoms with E-state index in [0.717, 1.165) is 17.7 Å². The molecule has 16 heavy (non-hydrogen) atoms. The van der Waals surface area contributed by atoms with E-state index < -0.39 is 12.3 Å². The number of thioether (sulfide) groups is 1. The van der Waals surface area contributed by atoms with Crippen LogP contribution in [-0.4, -0.2) is 25.8 Å². The zero-order valence-electron chi connectivity index (χ0n) is 9.17. The highest BCUT2D eigenvalue weighted by Crippen LogP contribution is 2.34. The Kier molecular flexibility index (Phi) is 3.82. The highest BCUT2D eigenvalue weighted by Gasteiger charge is 2.23. The van der Waals surface area contributed by atoms with Crippen molar-refractivity contribution in [2.75, 3.05) is 19.3 Å². The van der Waals surface area contributed by atoms with Crippen LogP contribution in [0.2, 0.25) is 0 Å². The Morgan fingerprint density at radius 3 is 2.94 bits per heavy atom. The first kappa shape index (κ1) is 11.9. The van der Waals surface area contributed by atoms with Gasteiger partial charge in [-0.3, -0.25) is 0 Å². The molecule has 0 saturated heterocycles. The third-order valence-corrected chi connectivity index (χ3v) is 3.99. The van der Waals surface area contributed by atoms with E-state index in [-0.39, 0.29) is 0 Å². The summed E-state index contributed by atoms with van der Waals surface area (Å²) in [5.41, 5.74) is 1.98. The van der Waals surface area contributed by atoms with Crippen LogP contribution in [0, 0.1) is 0 Å². The van der Waals surface area contributed by atoms with Crippen molar-refractivity contribution >= 4 is 11.8 Å². The highest BCUT2D eigenvalue weighted by atomic mass is 32.2. The van der Waals surface area contributed by atoms with Crippen LogP contribution in [-0.2, 0) is 6.42 Å². The zero-order chi connectivity index (χ0) is 11.5. The largest absolute Gasteiger partial charge is 0.319 e. The lowest BCUT2D eigenvalue weighted by atomic mass is 9.97. The van der Waals surface area contributed by atoms with Gasteiger partial charge in [0.25, 0.3) is 0 Å². The zero-order valence-corrected chi connectivity index (χ0v) is 9.99. The summed E-state index contributed by atoms with van der Waals surface area (Å²) in [5, 5.41) is 2.83. The van der Waals surface area contributed by atoms with Crippen LogP contribution in [0.15, 0.2) is 23.1 Å². The summed E-state index contributed by atoms with van der Waals surface area (Å²) in [6.07, 6.45) is -1.30. The molecule has 1 aromatic rings. The van der Waals surface area contributed by atoms with Crippen LogP contribution in [0.1, 0.15) is 17.0 Å². The smallest absolute Gasteiger partial charge is 0.246 e. The molecule has 0 saturated carbocycles. The molecule has 0 aliphatic carbocycles. The molecule has 2 rings (SSSR count). The van der Waals surface area contributed by atoms with Crippen molar-refractivity contribution in [3.05, 3.63) is 29.3 Å². The number of nitrogens with one attached hydrogen (secondary N) is 1. The molecule has 88 valence electrons. The molecule has 1 unspecified atom stereocenters. The molecule has 1 heterocycles. The van der Waals surface area contributed by atoms with Gasteiger partial charge in [0.15, 0.2) is 0 Å². The first-order valence-electron chi connectivity index (χ1n) is 5.40. The average Bonchev–Trinajstić information content (AvgIpc) is 2.72. The Morgan fingerprint density at radius 1 is 1.44 bits per heavy atom. The van der Waals surface area contributed by atoms with Crippen LogP contribution in [0.4, 0.5) is 8.78 Å². The fraction of sp³-hybridized carbons (Fsp3) is 0.500. The third-order valence-electron chi connectivity index (χ3n) is 2.87. The fourth-order valence-electron chi connectivity index (χ4n) is 2.01. The number of hydrogen-bond donors (Lipinski definition) is 1. The number of hydrogen-bond acceptors (Lipinski definition) is 2. The molecular formula is C12H15F2NS. The molecule has 1 aliphatic heterocycles. The Labute approximate surface area is 98.6 Å². The van der Waals surface area contributed by atoms with Gasteiger partial charge in [-0.1, -0.05) is 12.1 Å². The second-order valence-corrected chi connectivity index (χ2v) is 5.10. The van der Waals surface area contributed by atoms with E-state index in [1.165, 1.54) is 10.5 Å². The molecule has 0 radical (unpaired) electrons. The maximum atomic E-state index is 12.9. The Bertz CT molecular complexity index is 368. The van der Waals surface area contributed by atoms with Gasteiger partial charge in [0, 0.05) is 17.2 Å². The second kappa shape index (κ2) is 5.15. The minimum Gasteiger partial charge on any atom is -0.319 e. The molecule has 0 spiro atoms. The van der Waals surface area contributed by atoms with E-state index in [9.17, 15) is 8.78 Å². The number of halogens is 2. The molecule has 0 bridgehead atoms. The molecule has 1 aliphatic rings. The SMILES string of the molecule is CNCC(c1ccc2c(c1)CCS2)C(F)F. The van der Waals surface area contributed by atoms with E-state index in [2.05, 4.69) is 5.32 Å². The van der Waals surface area contributed by atoms with Crippen molar-refractivity contribution in [3.63, 3.8) is 0 Å². The summed E-state index contributed by atoms with van der Waals surface area (Å²) < 4.78 is 25.8. The fourth-order valence-corrected chi connectivity index (χ4v) is 3.06. The summed E-state index contributed by atoms with van der Waals surface area (Å²) in [6, 6.07) is 5.77. The molecule has 1 aromatic carbocycles. The van der Waals surface area contributed by atoms with Gasteiger partial charge < -0.3 is 5.32 Å². The number of aryl methyl sites for hydroxylation is 1. The summed E-state index contributed by atoms with van der Waals surface area (Å²) in [4.78, 5) is 1.25. The van der Waals surface area contributed by atoms with Crippen LogP contribution < -0.4 is 5.32 Å². The Balaban J connectivity index is 2.24. The maximum Gasteiger partial charge on any atom is 0.246 e. The summed E-state index contributed by atoms with van der Waals surface area (Å²) >= 11 is 1.81. The summed E-state index contributed by atoms with van der Waals surface area (Å²) in [5.74, 6) is 0.380. The number of alkyl halides is 2. The monoisotopic (exact) mass is 243 g/mol. The number of rotatable bonds is 4. The second-order valence-electron chi connectivity index (χ2n) is 3.96. The molecule has 1 N–H and O–H groups in total. The van der Waals surface area contributed by atoms with E-state index in [1.807, 2.05) is 18.2 Å². The van der Waals surface area contributed by atoms with Gasteiger partial charge in [-0.15, -0.1) is 11.8 Å². The van der Waals surface area contributed by atoms with Crippen LogP contribution in [0.5, 0.6) is 0 Å². The predicted molar refractivity (Wildman–Crippen MR) is 63.5 cm³/mol. The van der Waals surface area contributed by atoms with Crippen LogP contribution >= 0.6 is 11.8 Å². The topological polar surface area (TPSA) is 12.0 Å². The van der Waals surface area contributed by atoms with Crippen molar-refractivity contribution in [1.29, 1.82) is 0 Å². The average molecular weight is 243 g/mol. The van der Waals surface area contributed by atoms with Crippen molar-refractivity contribution < 1.29 is 8.78 Å². The van der Waals surface area contributed by atoms with Gasteiger partial charge in [0.05, 0.1) is 5.92 Å². The van der Waals surface area contributed by atoms with Crippen molar-refractivity contribution in [2.24, 2.45) is 0 Å². The van der Waals surface area contributed by atoms with E-state index in [4.69, 9.17) is 0 Å². The molecule has 0 fully saturated rings. The van der Waals surface area contributed by atoms with Crippen molar-refractivity contribution in [2.45, 2.75) is 23.7 Å². The molecule has 0 amide bonds. The van der Waals surface area contributed by atoms with Crippen LogP contribution in [0.3, 0.4) is 0 Å². The minimum absolute atomic E-state index is 0.323. The lowest BCUT2D eigenvalue weighted by molar-refractivity contribution is 0.114. The Morgan fingerprint density at radius 2 is 2.25 bits per heavy atom. The molecule has 1 nitrogen and oxygen atoms in total. The van der Waals surface area contributed by atoms with E-state index in [0.29, 0.717) is 6.54 Å². The van der Waals surface area contributed by atoms with Crippen molar-refractivity contribution in [1.82, 2.24) is 5.32 Å². The van der Waals surface area contributed by atoms with E-state index in [1.54, 1.807) is 18.8 Å². The lowest BCUT2D eigenvalue weighted by Gasteiger charge is -2.16. The molecule has 4 heteroatoms. The van der Waals surface area contributed by atoms with Crippen LogP contribution in [0.25, 0.3) is 0 Å². The van der Waals surface area contributed by atoms with Gasteiger partial charge in [0.2, 0.25) is 6.43 Å². The number of benzene rings is 1. The highest BCUT2D eigenvalue weighted by molar-refractivity contribution is 7.99. The lowest BCUT2D eigenvalue weighted by Crippen LogP contribution is -2.23. The number of likely N-dealkylation sites (N-methyl/N-ethyl adjacent to an activating group) is 1.